The summed E-state index contributed by atoms with van der Waals surface area (Å²) in [4.78, 5) is 26.8. The minimum absolute atomic E-state index is 0.140. The zero-order valence-corrected chi connectivity index (χ0v) is 8.51. The van der Waals surface area contributed by atoms with Gasteiger partial charge in [-0.05, 0) is 0 Å². The molecule has 1 aromatic rings. The molecule has 1 aromatic heterocycles. The van der Waals surface area contributed by atoms with E-state index in [1.54, 1.807) is 5.32 Å². The number of quaternary nitrogens is 1. The highest BCUT2D eigenvalue weighted by atomic mass is 16.3. The second kappa shape index (κ2) is 4.20. The molecule has 7 nitrogen and oxygen atoms in total. The molecule has 0 radical (unpaired) electrons. The summed E-state index contributed by atoms with van der Waals surface area (Å²) in [5, 5.41) is 20.3. The highest BCUT2D eigenvalue weighted by molar-refractivity contribution is 5.08. The second-order valence-corrected chi connectivity index (χ2v) is 3.98. The molecule has 0 aliphatic carbocycles. The van der Waals surface area contributed by atoms with Crippen molar-refractivity contribution in [3.05, 3.63) is 32.6 Å². The molecule has 1 fully saturated rings. The van der Waals surface area contributed by atoms with Crippen LogP contribution in [0.2, 0.25) is 0 Å². The minimum atomic E-state index is -0.638. The Bertz CT molecular complexity index is 480. The van der Waals surface area contributed by atoms with E-state index in [0.29, 0.717) is 12.0 Å². The maximum Gasteiger partial charge on any atom is 0.325 e. The normalized spacial score (nSPS) is 29.5. The molecule has 16 heavy (non-hydrogen) atoms. The molecule has 0 spiro atoms. The van der Waals surface area contributed by atoms with Gasteiger partial charge in [-0.15, -0.1) is 0 Å². The smallest absolute Gasteiger partial charge is 0.325 e. The average Bonchev–Trinajstić information content (AvgIpc) is 2.59. The summed E-state index contributed by atoms with van der Waals surface area (Å²) in [5.74, 6) is 0. The third-order valence-corrected chi connectivity index (χ3v) is 2.93. The van der Waals surface area contributed by atoms with E-state index >= 15 is 0 Å². The molecule has 2 heterocycles. The van der Waals surface area contributed by atoms with Crippen molar-refractivity contribution in [1.82, 2.24) is 9.97 Å². The number of aliphatic hydroxyl groups excluding tert-OH is 2. The molecular weight excluding hydrogens is 214 g/mol. The fourth-order valence-electron chi connectivity index (χ4n) is 2.05. The summed E-state index contributed by atoms with van der Waals surface area (Å²) >= 11 is 0. The third-order valence-electron chi connectivity index (χ3n) is 2.93. The Morgan fingerprint density at radius 3 is 2.81 bits per heavy atom. The topological polar surface area (TPSA) is 123 Å². The molecule has 1 saturated heterocycles. The van der Waals surface area contributed by atoms with Crippen LogP contribution in [0, 0.1) is 0 Å². The monoisotopic (exact) mass is 228 g/mol. The molecule has 3 atom stereocenters. The van der Waals surface area contributed by atoms with Crippen LogP contribution >= 0.6 is 0 Å². The fraction of sp³-hybridized carbons (Fsp3) is 0.556. The number of nitrogens with one attached hydrogen (secondary N) is 2. The Morgan fingerprint density at radius 1 is 1.50 bits per heavy atom. The largest absolute Gasteiger partial charge is 0.390 e. The summed E-state index contributed by atoms with van der Waals surface area (Å²) in [6, 6.07) is -0.538. The number of aromatic amines is 2. The minimum Gasteiger partial charge on any atom is -0.390 e. The molecule has 0 aromatic carbocycles. The second-order valence-electron chi connectivity index (χ2n) is 3.98. The predicted octanol–water partition coefficient (Wildman–Crippen LogP) is -3.21. The van der Waals surface area contributed by atoms with Crippen molar-refractivity contribution in [3.8, 4) is 0 Å². The summed E-state index contributed by atoms with van der Waals surface area (Å²) < 4.78 is 0. The van der Waals surface area contributed by atoms with Crippen molar-refractivity contribution in [2.75, 3.05) is 6.61 Å². The van der Waals surface area contributed by atoms with Gasteiger partial charge in [0.25, 0.3) is 5.56 Å². The molecule has 1 aliphatic rings. The van der Waals surface area contributed by atoms with Gasteiger partial charge in [-0.2, -0.15) is 0 Å². The van der Waals surface area contributed by atoms with E-state index < -0.39 is 17.4 Å². The van der Waals surface area contributed by atoms with Gasteiger partial charge in [0, 0.05) is 12.6 Å². The van der Waals surface area contributed by atoms with Gasteiger partial charge in [-0.1, -0.05) is 0 Å². The van der Waals surface area contributed by atoms with E-state index in [9.17, 15) is 14.7 Å². The van der Waals surface area contributed by atoms with Gasteiger partial charge in [0.1, 0.15) is 18.2 Å². The van der Waals surface area contributed by atoms with Crippen molar-refractivity contribution >= 4 is 0 Å². The van der Waals surface area contributed by atoms with E-state index in [0.717, 1.165) is 0 Å². The quantitative estimate of drug-likeness (QED) is 0.365. The number of hydrogen-bond donors (Lipinski definition) is 5. The van der Waals surface area contributed by atoms with Crippen molar-refractivity contribution in [1.29, 1.82) is 0 Å². The molecule has 0 bridgehead atoms. The van der Waals surface area contributed by atoms with Crippen LogP contribution in [0.5, 0.6) is 0 Å². The maximum atomic E-state index is 11.5. The van der Waals surface area contributed by atoms with E-state index in [-0.39, 0.29) is 18.7 Å². The van der Waals surface area contributed by atoms with Crippen molar-refractivity contribution < 1.29 is 15.5 Å². The Balaban J connectivity index is 2.27. The SMILES string of the molecule is O=c1[nH]cc([C@H]2C[C@H](O)[C@H](CO)[NH2+]2)c(=O)[nH]1. The van der Waals surface area contributed by atoms with Crippen LogP contribution in [0.25, 0.3) is 0 Å². The van der Waals surface area contributed by atoms with Gasteiger partial charge in [0.05, 0.1) is 12.2 Å². The van der Waals surface area contributed by atoms with E-state index in [1.807, 2.05) is 0 Å². The summed E-state index contributed by atoms with van der Waals surface area (Å²) in [6.07, 6.45) is 1.11. The van der Waals surface area contributed by atoms with Gasteiger partial charge < -0.3 is 20.5 Å². The first-order valence-electron chi connectivity index (χ1n) is 5.07. The first-order chi connectivity index (χ1) is 7.61. The number of rotatable bonds is 2. The molecule has 0 amide bonds. The van der Waals surface area contributed by atoms with Gasteiger partial charge in [0.2, 0.25) is 0 Å². The Hall–Kier alpha value is -1.44. The first-order valence-corrected chi connectivity index (χ1v) is 5.07. The maximum absolute atomic E-state index is 11.5. The van der Waals surface area contributed by atoms with Crippen LogP contribution in [0.3, 0.4) is 0 Å². The third kappa shape index (κ3) is 1.92. The van der Waals surface area contributed by atoms with E-state index in [2.05, 4.69) is 9.97 Å². The molecule has 0 unspecified atom stereocenters. The van der Waals surface area contributed by atoms with E-state index in [4.69, 9.17) is 5.11 Å². The number of hydrogen-bond acceptors (Lipinski definition) is 4. The van der Waals surface area contributed by atoms with Crippen LogP contribution < -0.4 is 16.6 Å². The lowest BCUT2D eigenvalue weighted by atomic mass is 10.1. The lowest BCUT2D eigenvalue weighted by Gasteiger charge is -2.08. The molecular formula is C9H14N3O4+. The predicted molar refractivity (Wildman–Crippen MR) is 53.8 cm³/mol. The molecule has 1 aliphatic heterocycles. The Kier molecular flexibility index (Phi) is 2.90. The van der Waals surface area contributed by atoms with E-state index in [1.165, 1.54) is 6.20 Å². The van der Waals surface area contributed by atoms with Crippen LogP contribution in [0.4, 0.5) is 0 Å². The van der Waals surface area contributed by atoms with Crippen molar-refractivity contribution in [3.63, 3.8) is 0 Å². The summed E-state index contributed by atoms with van der Waals surface area (Å²) in [7, 11) is 0. The van der Waals surface area contributed by atoms with Gasteiger partial charge in [-0.25, -0.2) is 4.79 Å². The van der Waals surface area contributed by atoms with Crippen LogP contribution in [0.1, 0.15) is 18.0 Å². The molecule has 0 saturated carbocycles. The van der Waals surface area contributed by atoms with Crippen LogP contribution in [-0.4, -0.2) is 38.9 Å². The lowest BCUT2D eigenvalue weighted by molar-refractivity contribution is -0.711. The van der Waals surface area contributed by atoms with Gasteiger partial charge in [-0.3, -0.25) is 9.78 Å². The Morgan fingerprint density at radius 2 is 2.25 bits per heavy atom. The zero-order chi connectivity index (χ0) is 11.7. The molecule has 88 valence electrons. The van der Waals surface area contributed by atoms with Crippen LogP contribution in [0.15, 0.2) is 15.8 Å². The fourth-order valence-corrected chi connectivity index (χ4v) is 2.05. The van der Waals surface area contributed by atoms with Crippen molar-refractivity contribution in [2.24, 2.45) is 0 Å². The number of aromatic nitrogens is 2. The van der Waals surface area contributed by atoms with Crippen LogP contribution in [-0.2, 0) is 0 Å². The first kappa shape index (κ1) is 11.1. The summed E-state index contributed by atoms with van der Waals surface area (Å²) in [5.41, 5.74) is -0.587. The molecule has 7 heteroatoms. The van der Waals surface area contributed by atoms with Crippen molar-refractivity contribution in [2.45, 2.75) is 24.6 Å². The molecule has 6 N–H and O–H groups in total. The highest BCUT2D eigenvalue weighted by Crippen LogP contribution is 2.16. The number of H-pyrrole nitrogens is 2. The average molecular weight is 228 g/mol. The number of nitrogens with two attached hydrogens (primary N) is 1. The van der Waals surface area contributed by atoms with Gasteiger partial charge >= 0.3 is 5.69 Å². The zero-order valence-electron chi connectivity index (χ0n) is 8.51. The number of aliphatic hydroxyl groups is 2. The van der Waals surface area contributed by atoms with Gasteiger partial charge in [0.15, 0.2) is 0 Å². The highest BCUT2D eigenvalue weighted by Gasteiger charge is 2.38. The summed E-state index contributed by atoms with van der Waals surface area (Å²) in [6.45, 7) is -0.140. The Labute approximate surface area is 90.2 Å². The lowest BCUT2D eigenvalue weighted by Crippen LogP contribution is -2.89. The standard InChI is InChI=1S/C9H13N3O4/c13-3-6-7(14)1-5(11-6)4-2-10-9(16)12-8(4)15/h2,5-7,11,13-14H,1,3H2,(H2,10,12,15,16)/p+1/t5-,6+,7+/m1/s1. The molecule has 2 rings (SSSR count).